The Morgan fingerprint density at radius 3 is 1.70 bits per heavy atom. The van der Waals surface area contributed by atoms with Crippen molar-refractivity contribution < 1.29 is 97.4 Å². The average molecular weight is 1050 g/mol. The second-order valence-electron chi connectivity index (χ2n) is 16.0. The van der Waals surface area contributed by atoms with Gasteiger partial charge in [0.2, 0.25) is 23.1 Å². The summed E-state index contributed by atoms with van der Waals surface area (Å²) in [5.41, 5.74) is -20.1. The topological polar surface area (TPSA) is 214 Å². The first kappa shape index (κ1) is 50.3. The summed E-state index contributed by atoms with van der Waals surface area (Å²) >= 11 is 0. The van der Waals surface area contributed by atoms with E-state index in [9.17, 15) is 62.4 Å². The molecule has 8 rings (SSSR count). The number of hydrogen-bond acceptors (Lipinski definition) is 14. The number of anilines is 1. The molecule has 28 heteroatoms. The van der Waals surface area contributed by atoms with E-state index in [0.717, 1.165) is 23.9 Å². The molecule has 1 aliphatic carbocycles. The van der Waals surface area contributed by atoms with E-state index >= 15 is 17.6 Å². The van der Waals surface area contributed by atoms with E-state index in [1.165, 1.54) is 6.07 Å². The fraction of sp³-hybridized carbons (Fsp3) is 0.302. The Kier molecular flexibility index (Phi) is 12.5. The number of hydrogen-bond donors (Lipinski definition) is 2. The minimum Gasteiger partial charge on any atom is -0.450 e. The molecule has 5 aromatic rings. The maximum absolute atomic E-state index is 16.2. The van der Waals surface area contributed by atoms with Crippen LogP contribution in [0, 0.1) is 23.3 Å². The zero-order valence-electron chi connectivity index (χ0n) is 35.9. The Bertz CT molecular complexity index is 3260. The Morgan fingerprint density at radius 2 is 1.21 bits per heavy atom. The molecule has 0 radical (unpaired) electrons. The summed E-state index contributed by atoms with van der Waals surface area (Å²) in [6, 6.07) is 8.18. The van der Waals surface area contributed by atoms with Gasteiger partial charge in [-0.05, 0) is 88.1 Å². The maximum atomic E-state index is 16.2. The van der Waals surface area contributed by atoms with E-state index in [0.29, 0.717) is 18.5 Å². The van der Waals surface area contributed by atoms with Gasteiger partial charge in [-0.15, -0.1) is 0 Å². The summed E-state index contributed by atoms with van der Waals surface area (Å²) in [6.07, 6.45) is 0.940. The number of ether oxygens (including phenoxy) is 2. The molecule has 2 N–H and O–H groups in total. The Balaban J connectivity index is 1.10. The van der Waals surface area contributed by atoms with Gasteiger partial charge in [0.15, 0.2) is 28.7 Å². The highest BCUT2D eigenvalue weighted by Crippen LogP contribution is 2.60. The molecule has 1 spiro atoms. The number of alkyl halides is 6. The number of halogens is 10. The van der Waals surface area contributed by atoms with Crippen molar-refractivity contribution in [1.82, 2.24) is 10.6 Å². The van der Waals surface area contributed by atoms with Crippen LogP contribution in [0.4, 0.5) is 49.6 Å². The molecule has 2 amide bonds. The van der Waals surface area contributed by atoms with Crippen LogP contribution in [0.15, 0.2) is 63.8 Å². The second-order valence-corrected chi connectivity index (χ2v) is 19.1. The van der Waals surface area contributed by atoms with Crippen molar-refractivity contribution in [1.29, 1.82) is 0 Å². The first-order valence-electron chi connectivity index (χ1n) is 20.7. The third kappa shape index (κ3) is 8.68. The third-order valence-electron chi connectivity index (χ3n) is 11.8. The van der Waals surface area contributed by atoms with Gasteiger partial charge in [0.05, 0.1) is 16.7 Å². The molecule has 3 aliphatic rings. The number of rotatable bonds is 11. The van der Waals surface area contributed by atoms with Gasteiger partial charge in [-0.2, -0.15) is 52.0 Å². The van der Waals surface area contributed by atoms with Crippen molar-refractivity contribution in [3.8, 4) is 23.0 Å². The number of carbonyl (C=O) groups excluding carboxylic acids is 3. The fourth-order valence-electron chi connectivity index (χ4n) is 8.37. The van der Waals surface area contributed by atoms with Crippen molar-refractivity contribution in [2.24, 2.45) is 0 Å². The van der Waals surface area contributed by atoms with E-state index in [4.69, 9.17) is 13.9 Å². The van der Waals surface area contributed by atoms with Crippen LogP contribution in [0.2, 0.25) is 0 Å². The smallest absolute Gasteiger partial charge is 0.450 e. The molecule has 0 saturated heterocycles. The quantitative estimate of drug-likeness (QED) is 0.0427. The highest BCUT2D eigenvalue weighted by Gasteiger charge is 2.58. The Morgan fingerprint density at radius 1 is 0.704 bits per heavy atom. The minimum absolute atomic E-state index is 0.0289. The van der Waals surface area contributed by atoms with Crippen molar-refractivity contribution in [2.75, 3.05) is 18.0 Å². The zero-order valence-corrected chi connectivity index (χ0v) is 37.6. The van der Waals surface area contributed by atoms with Crippen LogP contribution in [0.1, 0.15) is 87.3 Å². The molecule has 71 heavy (non-hydrogen) atoms. The molecular weight excluding hydrogens is 1020 g/mol. The van der Waals surface area contributed by atoms with Crippen molar-refractivity contribution in [3.63, 3.8) is 0 Å². The van der Waals surface area contributed by atoms with Crippen LogP contribution >= 0.6 is 0 Å². The van der Waals surface area contributed by atoms with Gasteiger partial charge in [-0.3, -0.25) is 9.59 Å². The average Bonchev–Trinajstić information content (AvgIpc) is 3.58. The summed E-state index contributed by atoms with van der Waals surface area (Å²) < 4.78 is 214. The van der Waals surface area contributed by atoms with Gasteiger partial charge in [0.25, 0.3) is 11.8 Å². The van der Waals surface area contributed by atoms with Gasteiger partial charge in [-0.25, -0.2) is 18.4 Å². The number of carbonyl (C=O) groups is 3. The standard InChI is InChI=1S/C43H31F10N3O13S2/c1-3-56(4-2)22-11-5-18-13-24(39(59)65-30(18)15-22)38(58)55-21-9-7-20(8-10-21)54-37(57)19-6-12-23-25(14-19)41(67-40(23)60)26-16-28(44)35(68-70(61,62)42(48,49)50)31(46)33(26)66-34-27(41)17-29(45)36(32(34)47)69-71(63,64)43(51,52)53/h5-6,11-17,20-21H,3-4,7-10H2,1-2H3,(H,54,57)(H,55,58). The normalized spacial score (nSPS) is 17.4. The highest BCUT2D eigenvalue weighted by atomic mass is 32.2. The summed E-state index contributed by atoms with van der Waals surface area (Å²) in [7, 11) is -13.8. The minimum atomic E-state index is -6.90. The van der Waals surface area contributed by atoms with Crippen LogP contribution in [0.25, 0.3) is 11.0 Å². The number of nitrogens with one attached hydrogen (secondary N) is 2. The van der Waals surface area contributed by atoms with Crippen molar-refractivity contribution in [3.05, 3.63) is 122 Å². The van der Waals surface area contributed by atoms with Crippen LogP contribution in [-0.2, 0) is 30.6 Å². The molecular formula is C43H31F10N3O13S2. The van der Waals surface area contributed by atoms with Crippen molar-refractivity contribution in [2.45, 2.75) is 68.2 Å². The van der Waals surface area contributed by atoms with Gasteiger partial charge < -0.3 is 37.8 Å². The number of benzene rings is 4. The van der Waals surface area contributed by atoms with Gasteiger partial charge in [0.1, 0.15) is 11.1 Å². The van der Waals surface area contributed by atoms with Gasteiger partial charge >= 0.3 is 42.8 Å². The zero-order chi connectivity index (χ0) is 51.9. The largest absolute Gasteiger partial charge is 0.534 e. The first-order chi connectivity index (χ1) is 33.1. The monoisotopic (exact) mass is 1050 g/mol. The number of fused-ring (bicyclic) bond motifs is 7. The van der Waals surface area contributed by atoms with Crippen molar-refractivity contribution >= 4 is 54.7 Å². The lowest BCUT2D eigenvalue weighted by Crippen LogP contribution is -2.44. The van der Waals surface area contributed by atoms with E-state index in [1.54, 1.807) is 12.1 Å². The van der Waals surface area contributed by atoms with Gasteiger partial charge in [-0.1, -0.05) is 0 Å². The molecule has 16 nitrogen and oxygen atoms in total. The third-order valence-corrected chi connectivity index (χ3v) is 13.7. The van der Waals surface area contributed by atoms with E-state index < -0.39 is 146 Å². The molecule has 0 bridgehead atoms. The lowest BCUT2D eigenvalue weighted by atomic mass is 9.76. The van der Waals surface area contributed by atoms with Crippen LogP contribution in [0.5, 0.6) is 23.0 Å². The Hall–Kier alpha value is -7.10. The molecule has 0 unspecified atom stereocenters. The number of amides is 2. The van der Waals surface area contributed by atoms with E-state index in [1.807, 2.05) is 24.8 Å². The molecule has 1 aromatic heterocycles. The predicted octanol–water partition coefficient (Wildman–Crippen LogP) is 7.69. The summed E-state index contributed by atoms with van der Waals surface area (Å²) in [6.45, 7) is 5.32. The molecule has 0 atom stereocenters. The Labute approximate surface area is 392 Å². The van der Waals surface area contributed by atoms with E-state index in [-0.39, 0.29) is 49.0 Å². The lowest BCUT2D eigenvalue weighted by molar-refractivity contribution is -0.0506. The van der Waals surface area contributed by atoms with Crippen LogP contribution in [0.3, 0.4) is 0 Å². The second kappa shape index (κ2) is 17.6. The lowest BCUT2D eigenvalue weighted by Gasteiger charge is -2.37. The maximum Gasteiger partial charge on any atom is 0.534 e. The molecule has 3 heterocycles. The molecule has 378 valence electrons. The van der Waals surface area contributed by atoms with Crippen LogP contribution in [-0.4, -0.2) is 70.8 Å². The predicted molar refractivity (Wildman–Crippen MR) is 223 cm³/mol. The van der Waals surface area contributed by atoms with E-state index in [2.05, 4.69) is 19.0 Å². The summed E-state index contributed by atoms with van der Waals surface area (Å²) in [4.78, 5) is 55.5. The SMILES string of the molecule is CCN(CC)c1ccc2cc(C(=O)NC3CCC(NC(=O)c4ccc5c(c4)C4(OC5=O)c5cc(F)c(OS(=O)(=O)C(F)(F)F)c(F)c5Oc5c4cc(F)c(OS(=O)(=O)C(F)(F)F)c5F)CC3)c(=O)oc2c1. The molecule has 4 aromatic carbocycles. The molecule has 1 saturated carbocycles. The molecule has 2 aliphatic heterocycles. The summed E-state index contributed by atoms with van der Waals surface area (Å²) in [5.74, 6) is -21.1. The number of nitrogens with zero attached hydrogens (tertiary/aromatic N) is 1. The fourth-order valence-corrected chi connectivity index (χ4v) is 9.30. The first-order valence-corrected chi connectivity index (χ1v) is 23.5. The highest BCUT2D eigenvalue weighted by molar-refractivity contribution is 7.88. The number of esters is 1. The van der Waals surface area contributed by atoms with Crippen LogP contribution < -0.4 is 34.3 Å². The summed E-state index contributed by atoms with van der Waals surface area (Å²) in [5, 5.41) is 5.97. The van der Waals surface area contributed by atoms with Gasteiger partial charge in [0, 0.05) is 53.4 Å². The molecule has 1 fully saturated rings.